The SMILES string of the molecule is Cc1nc([N+](=O)[O-])cn1CCC(=O)NCC(=O)O. The van der Waals surface area contributed by atoms with Crippen molar-refractivity contribution in [2.75, 3.05) is 6.54 Å². The fourth-order valence-electron chi connectivity index (χ4n) is 1.29. The second-order valence-electron chi connectivity index (χ2n) is 3.52. The maximum Gasteiger partial charge on any atom is 0.381 e. The number of nitro groups is 1. The van der Waals surface area contributed by atoms with Gasteiger partial charge in [-0.2, -0.15) is 0 Å². The molecule has 0 saturated heterocycles. The number of carbonyl (C=O) groups excluding carboxylic acids is 1. The third kappa shape index (κ3) is 3.85. The van der Waals surface area contributed by atoms with E-state index < -0.39 is 23.3 Å². The van der Waals surface area contributed by atoms with Crippen LogP contribution < -0.4 is 5.32 Å². The first kappa shape index (κ1) is 13.6. The number of aliphatic carboxylic acids is 1. The summed E-state index contributed by atoms with van der Waals surface area (Å²) in [5.41, 5.74) is 0. The van der Waals surface area contributed by atoms with E-state index in [0.29, 0.717) is 5.82 Å². The zero-order valence-corrected chi connectivity index (χ0v) is 9.62. The van der Waals surface area contributed by atoms with Gasteiger partial charge in [-0.15, -0.1) is 0 Å². The molecule has 1 rings (SSSR count). The summed E-state index contributed by atoms with van der Waals surface area (Å²) in [4.78, 5) is 35.0. The molecule has 0 atom stereocenters. The van der Waals surface area contributed by atoms with Crippen molar-refractivity contribution in [1.29, 1.82) is 0 Å². The Hall–Kier alpha value is -2.45. The summed E-state index contributed by atoms with van der Waals surface area (Å²) in [5.74, 6) is -1.42. The van der Waals surface area contributed by atoms with Crippen LogP contribution in [0.2, 0.25) is 0 Å². The maximum absolute atomic E-state index is 11.2. The predicted molar refractivity (Wildman–Crippen MR) is 58.9 cm³/mol. The number of carboxylic acids is 1. The van der Waals surface area contributed by atoms with Gasteiger partial charge in [0.05, 0.1) is 0 Å². The molecular formula is C9H12N4O5. The number of imidazole rings is 1. The van der Waals surface area contributed by atoms with E-state index in [0.717, 1.165) is 0 Å². The number of nitrogens with one attached hydrogen (secondary N) is 1. The van der Waals surface area contributed by atoms with E-state index in [9.17, 15) is 19.7 Å². The average Bonchev–Trinajstić information content (AvgIpc) is 2.65. The number of rotatable bonds is 6. The van der Waals surface area contributed by atoms with Crippen LogP contribution in [-0.4, -0.2) is 38.0 Å². The van der Waals surface area contributed by atoms with E-state index in [1.165, 1.54) is 10.8 Å². The summed E-state index contributed by atoms with van der Waals surface area (Å²) >= 11 is 0. The standard InChI is InChI=1S/C9H12N4O5/c1-6-11-7(13(17)18)5-12(6)3-2-8(14)10-4-9(15)16/h5H,2-4H2,1H3,(H,10,14)(H,15,16). The van der Waals surface area contributed by atoms with Gasteiger partial charge in [-0.05, 0) is 9.91 Å². The monoisotopic (exact) mass is 256 g/mol. The summed E-state index contributed by atoms with van der Waals surface area (Å²) in [5, 5.41) is 21.0. The van der Waals surface area contributed by atoms with Crippen molar-refractivity contribution < 1.29 is 19.6 Å². The number of aromatic nitrogens is 2. The summed E-state index contributed by atoms with van der Waals surface area (Å²) in [7, 11) is 0. The second kappa shape index (κ2) is 5.75. The minimum atomic E-state index is -1.13. The molecule has 0 aliphatic rings. The van der Waals surface area contributed by atoms with E-state index in [4.69, 9.17) is 5.11 Å². The normalized spacial score (nSPS) is 10.1. The molecule has 0 spiro atoms. The van der Waals surface area contributed by atoms with E-state index in [1.54, 1.807) is 6.92 Å². The van der Waals surface area contributed by atoms with Gasteiger partial charge in [-0.25, -0.2) is 0 Å². The van der Waals surface area contributed by atoms with Crippen LogP contribution in [-0.2, 0) is 16.1 Å². The molecule has 9 nitrogen and oxygen atoms in total. The predicted octanol–water partition coefficient (Wildman–Crippen LogP) is -0.309. The minimum absolute atomic E-state index is 0.0294. The number of amides is 1. The summed E-state index contributed by atoms with van der Waals surface area (Å²) < 4.78 is 1.47. The lowest BCUT2D eigenvalue weighted by Crippen LogP contribution is -2.29. The summed E-state index contributed by atoms with van der Waals surface area (Å²) in [6.45, 7) is 1.35. The second-order valence-corrected chi connectivity index (χ2v) is 3.52. The Morgan fingerprint density at radius 3 is 2.78 bits per heavy atom. The number of carboxylic acid groups (broad SMARTS) is 1. The van der Waals surface area contributed by atoms with Crippen molar-refractivity contribution in [2.45, 2.75) is 19.9 Å². The Morgan fingerprint density at radius 1 is 1.61 bits per heavy atom. The van der Waals surface area contributed by atoms with Crippen LogP contribution in [0.4, 0.5) is 5.82 Å². The quantitative estimate of drug-likeness (QED) is 0.530. The van der Waals surface area contributed by atoms with Crippen LogP contribution in [0.25, 0.3) is 0 Å². The molecule has 0 fully saturated rings. The van der Waals surface area contributed by atoms with Crippen molar-refractivity contribution in [3.63, 3.8) is 0 Å². The molecule has 0 aliphatic heterocycles. The molecule has 1 amide bonds. The number of hydrogen-bond acceptors (Lipinski definition) is 5. The molecule has 0 aliphatic carbocycles. The first-order valence-electron chi connectivity index (χ1n) is 5.07. The fraction of sp³-hybridized carbons (Fsp3) is 0.444. The smallest absolute Gasteiger partial charge is 0.381 e. The Kier molecular flexibility index (Phi) is 4.35. The van der Waals surface area contributed by atoms with Crippen LogP contribution in [0.15, 0.2) is 6.20 Å². The third-order valence-electron chi connectivity index (χ3n) is 2.17. The zero-order valence-electron chi connectivity index (χ0n) is 9.62. The average molecular weight is 256 g/mol. The fourth-order valence-corrected chi connectivity index (χ4v) is 1.29. The molecule has 0 aromatic carbocycles. The molecule has 98 valence electrons. The highest BCUT2D eigenvalue weighted by Gasteiger charge is 2.15. The van der Waals surface area contributed by atoms with Gasteiger partial charge >= 0.3 is 11.8 Å². The van der Waals surface area contributed by atoms with Gasteiger partial charge in [0, 0.05) is 19.9 Å². The van der Waals surface area contributed by atoms with Gasteiger partial charge < -0.3 is 25.1 Å². The van der Waals surface area contributed by atoms with Crippen LogP contribution >= 0.6 is 0 Å². The van der Waals surface area contributed by atoms with Gasteiger partial charge in [0.1, 0.15) is 12.7 Å². The van der Waals surface area contributed by atoms with Gasteiger partial charge in [0.2, 0.25) is 11.7 Å². The number of carbonyl (C=O) groups is 2. The Balaban J connectivity index is 2.50. The molecular weight excluding hydrogens is 244 g/mol. The molecule has 1 aromatic heterocycles. The van der Waals surface area contributed by atoms with Crippen LogP contribution in [0, 0.1) is 17.0 Å². The van der Waals surface area contributed by atoms with Gasteiger partial charge in [0.25, 0.3) is 0 Å². The molecule has 0 saturated carbocycles. The largest absolute Gasteiger partial charge is 0.480 e. The molecule has 0 unspecified atom stereocenters. The van der Waals surface area contributed by atoms with Crippen molar-refractivity contribution in [3.8, 4) is 0 Å². The lowest BCUT2D eigenvalue weighted by molar-refractivity contribution is -0.389. The molecule has 0 radical (unpaired) electrons. The summed E-state index contributed by atoms with van der Waals surface area (Å²) in [6.07, 6.45) is 1.27. The van der Waals surface area contributed by atoms with Crippen molar-refractivity contribution in [1.82, 2.24) is 14.9 Å². The molecule has 2 N–H and O–H groups in total. The number of hydrogen-bond donors (Lipinski definition) is 2. The molecule has 9 heteroatoms. The lowest BCUT2D eigenvalue weighted by Gasteiger charge is -2.03. The highest BCUT2D eigenvalue weighted by molar-refractivity contribution is 5.80. The Morgan fingerprint density at radius 2 is 2.28 bits per heavy atom. The first-order valence-corrected chi connectivity index (χ1v) is 5.07. The van der Waals surface area contributed by atoms with Gasteiger partial charge in [-0.1, -0.05) is 0 Å². The van der Waals surface area contributed by atoms with Gasteiger partial charge in [-0.3, -0.25) is 9.59 Å². The lowest BCUT2D eigenvalue weighted by atomic mass is 10.4. The molecule has 18 heavy (non-hydrogen) atoms. The van der Waals surface area contributed by atoms with Crippen molar-refractivity contribution in [2.24, 2.45) is 0 Å². The highest BCUT2D eigenvalue weighted by atomic mass is 16.6. The topological polar surface area (TPSA) is 127 Å². The Bertz CT molecular complexity index is 481. The number of aryl methyl sites for hydroxylation is 2. The molecule has 0 bridgehead atoms. The molecule has 1 heterocycles. The third-order valence-corrected chi connectivity index (χ3v) is 2.17. The summed E-state index contributed by atoms with van der Waals surface area (Å²) in [6, 6.07) is 0. The number of nitrogens with zero attached hydrogens (tertiary/aromatic N) is 3. The zero-order chi connectivity index (χ0) is 13.7. The Labute approximate surface area is 102 Å². The van der Waals surface area contributed by atoms with E-state index in [2.05, 4.69) is 10.3 Å². The van der Waals surface area contributed by atoms with Gasteiger partial charge in [0.15, 0.2) is 0 Å². The maximum atomic E-state index is 11.2. The van der Waals surface area contributed by atoms with Crippen LogP contribution in [0.3, 0.4) is 0 Å². The minimum Gasteiger partial charge on any atom is -0.480 e. The van der Waals surface area contributed by atoms with Crippen molar-refractivity contribution in [3.05, 3.63) is 22.1 Å². The van der Waals surface area contributed by atoms with E-state index in [1.807, 2.05) is 0 Å². The van der Waals surface area contributed by atoms with Crippen LogP contribution in [0.1, 0.15) is 12.2 Å². The van der Waals surface area contributed by atoms with Crippen LogP contribution in [0.5, 0.6) is 0 Å². The highest BCUT2D eigenvalue weighted by Crippen LogP contribution is 2.10. The van der Waals surface area contributed by atoms with Crippen molar-refractivity contribution >= 4 is 17.7 Å². The molecule has 1 aromatic rings. The first-order chi connectivity index (χ1) is 8.40. The van der Waals surface area contributed by atoms with E-state index in [-0.39, 0.29) is 18.8 Å². The van der Waals surface area contributed by atoms with E-state index >= 15 is 0 Å².